The van der Waals surface area contributed by atoms with Gasteiger partial charge in [-0.15, -0.1) is 11.3 Å². The Bertz CT molecular complexity index is 896. The summed E-state index contributed by atoms with van der Waals surface area (Å²) in [5, 5.41) is 5.40. The fourth-order valence-corrected chi connectivity index (χ4v) is 5.20. The third kappa shape index (κ3) is 2.18. The number of rotatable bonds is 3. The number of sulfonamides is 1. The highest BCUT2D eigenvalue weighted by atomic mass is 32.2. The number of aromatic nitrogens is 3. The predicted octanol–water partition coefficient (Wildman–Crippen LogP) is 1.87. The van der Waals surface area contributed by atoms with E-state index in [1.165, 1.54) is 21.8 Å². The van der Waals surface area contributed by atoms with Gasteiger partial charge in [0.1, 0.15) is 4.21 Å². The first kappa shape index (κ1) is 13.7. The van der Waals surface area contributed by atoms with E-state index in [0.29, 0.717) is 29.5 Å². The van der Waals surface area contributed by atoms with Crippen LogP contribution in [0.4, 0.5) is 0 Å². The number of fused-ring (bicyclic) bond motifs is 1. The van der Waals surface area contributed by atoms with E-state index in [-0.39, 0.29) is 0 Å². The van der Waals surface area contributed by atoms with Crippen LogP contribution in [0.25, 0.3) is 11.3 Å². The highest BCUT2D eigenvalue weighted by Crippen LogP contribution is 2.31. The zero-order chi connectivity index (χ0) is 15.2. The molecule has 1 aliphatic rings. The number of H-pyrrole nitrogens is 1. The molecule has 1 aliphatic heterocycles. The van der Waals surface area contributed by atoms with E-state index in [9.17, 15) is 8.42 Å². The first-order valence-corrected chi connectivity index (χ1v) is 8.97. The third-order valence-corrected chi connectivity index (χ3v) is 6.89. The van der Waals surface area contributed by atoms with Gasteiger partial charge in [-0.25, -0.2) is 13.4 Å². The van der Waals surface area contributed by atoms with Crippen LogP contribution in [-0.2, 0) is 23.0 Å². The molecule has 3 aromatic rings. The molecule has 0 unspecified atom stereocenters. The second-order valence-electron chi connectivity index (χ2n) is 4.95. The van der Waals surface area contributed by atoms with Gasteiger partial charge >= 0.3 is 0 Å². The van der Waals surface area contributed by atoms with Crippen LogP contribution in [0, 0.1) is 0 Å². The van der Waals surface area contributed by atoms with Crippen molar-refractivity contribution >= 4 is 21.4 Å². The van der Waals surface area contributed by atoms with Crippen LogP contribution >= 0.6 is 11.3 Å². The number of nitrogens with one attached hydrogen (secondary N) is 1. The van der Waals surface area contributed by atoms with Gasteiger partial charge in [-0.05, 0) is 6.07 Å². The number of hydrogen-bond donors (Lipinski definition) is 1. The summed E-state index contributed by atoms with van der Waals surface area (Å²) in [6.07, 6.45) is 3.76. The van der Waals surface area contributed by atoms with Crippen molar-refractivity contribution in [3.63, 3.8) is 0 Å². The van der Waals surface area contributed by atoms with Crippen molar-refractivity contribution in [3.8, 4) is 11.3 Å². The molecular weight excluding hydrogens is 324 g/mol. The summed E-state index contributed by atoms with van der Waals surface area (Å²) in [4.78, 5) is 7.19. The van der Waals surface area contributed by atoms with Crippen LogP contribution in [-0.4, -0.2) is 34.4 Å². The lowest BCUT2D eigenvalue weighted by Gasteiger charge is -2.24. The molecule has 0 spiro atoms. The second kappa shape index (κ2) is 5.04. The SMILES string of the molecule is O=S(=O)(c1cc(-c2ccno2)cs1)N1CCc2nc[nH]c2C1. The average molecular weight is 336 g/mol. The van der Waals surface area contributed by atoms with Crippen molar-refractivity contribution in [2.24, 2.45) is 0 Å². The largest absolute Gasteiger partial charge is 0.356 e. The Labute approximate surface area is 130 Å². The summed E-state index contributed by atoms with van der Waals surface area (Å²) in [5.74, 6) is 0.562. The van der Waals surface area contributed by atoms with Crippen LogP contribution in [0.5, 0.6) is 0 Å². The fourth-order valence-electron chi connectivity index (χ4n) is 2.47. The molecule has 0 aromatic carbocycles. The molecule has 4 heterocycles. The highest BCUT2D eigenvalue weighted by Gasteiger charge is 2.30. The lowest BCUT2D eigenvalue weighted by atomic mass is 10.2. The van der Waals surface area contributed by atoms with Crippen molar-refractivity contribution in [2.45, 2.75) is 17.2 Å². The fraction of sp³-hybridized carbons (Fsp3) is 0.231. The molecule has 22 heavy (non-hydrogen) atoms. The zero-order valence-corrected chi connectivity index (χ0v) is 13.0. The standard InChI is InChI=1S/C13H12N4O3S2/c18-22(19,17-4-2-10-11(6-17)15-8-14-10)13-5-9(7-21-13)12-1-3-16-20-12/h1,3,5,7-8H,2,4,6H2,(H,14,15). The number of imidazole rings is 1. The number of nitrogens with zero attached hydrogens (tertiary/aromatic N) is 3. The Kier molecular flexibility index (Phi) is 3.13. The second-order valence-corrected chi connectivity index (χ2v) is 8.02. The van der Waals surface area contributed by atoms with Gasteiger partial charge in [0.25, 0.3) is 10.0 Å². The van der Waals surface area contributed by atoms with Crippen molar-refractivity contribution in [1.29, 1.82) is 0 Å². The summed E-state index contributed by atoms with van der Waals surface area (Å²) in [6, 6.07) is 3.33. The van der Waals surface area contributed by atoms with Crippen LogP contribution in [0.2, 0.25) is 0 Å². The number of aromatic amines is 1. The summed E-state index contributed by atoms with van der Waals surface area (Å²) in [6.45, 7) is 0.767. The van der Waals surface area contributed by atoms with E-state index in [2.05, 4.69) is 15.1 Å². The summed E-state index contributed by atoms with van der Waals surface area (Å²) in [5.41, 5.74) is 2.53. The monoisotopic (exact) mass is 336 g/mol. The highest BCUT2D eigenvalue weighted by molar-refractivity contribution is 7.91. The Balaban J connectivity index is 1.64. The Morgan fingerprint density at radius 1 is 1.41 bits per heavy atom. The van der Waals surface area contributed by atoms with Crippen LogP contribution in [0.1, 0.15) is 11.4 Å². The van der Waals surface area contributed by atoms with Gasteiger partial charge in [0, 0.05) is 30.0 Å². The molecule has 4 rings (SSSR count). The molecule has 0 aliphatic carbocycles. The van der Waals surface area contributed by atoms with Gasteiger partial charge < -0.3 is 9.51 Å². The van der Waals surface area contributed by atoms with E-state index in [1.54, 1.807) is 23.8 Å². The Hall–Kier alpha value is -1.97. The molecule has 1 N–H and O–H groups in total. The Morgan fingerprint density at radius 3 is 3.14 bits per heavy atom. The van der Waals surface area contributed by atoms with Gasteiger partial charge in [0.15, 0.2) is 5.76 Å². The Morgan fingerprint density at radius 2 is 2.32 bits per heavy atom. The van der Waals surface area contributed by atoms with E-state index >= 15 is 0 Å². The van der Waals surface area contributed by atoms with E-state index in [1.807, 2.05) is 0 Å². The molecule has 7 nitrogen and oxygen atoms in total. The van der Waals surface area contributed by atoms with Gasteiger partial charge in [-0.2, -0.15) is 4.31 Å². The molecule has 0 fully saturated rings. The molecule has 0 atom stereocenters. The van der Waals surface area contributed by atoms with Gasteiger partial charge in [-0.3, -0.25) is 0 Å². The lowest BCUT2D eigenvalue weighted by Crippen LogP contribution is -2.35. The molecule has 0 radical (unpaired) electrons. The first-order valence-electron chi connectivity index (χ1n) is 6.65. The van der Waals surface area contributed by atoms with Crippen molar-refractivity contribution in [2.75, 3.05) is 6.54 Å². The van der Waals surface area contributed by atoms with Crippen LogP contribution < -0.4 is 0 Å². The maximum atomic E-state index is 12.8. The maximum Gasteiger partial charge on any atom is 0.252 e. The van der Waals surface area contributed by atoms with Crippen molar-refractivity contribution < 1.29 is 12.9 Å². The van der Waals surface area contributed by atoms with Gasteiger partial charge in [0.05, 0.1) is 30.5 Å². The molecule has 0 bridgehead atoms. The summed E-state index contributed by atoms with van der Waals surface area (Å²) >= 11 is 1.19. The van der Waals surface area contributed by atoms with Crippen molar-refractivity contribution in [1.82, 2.24) is 19.4 Å². The molecule has 0 saturated carbocycles. The molecule has 9 heteroatoms. The minimum absolute atomic E-state index is 0.307. The topological polar surface area (TPSA) is 92.1 Å². The molecule has 0 saturated heterocycles. The number of hydrogen-bond acceptors (Lipinski definition) is 6. The maximum absolute atomic E-state index is 12.8. The first-order chi connectivity index (χ1) is 10.6. The molecular formula is C13H12N4O3S2. The summed E-state index contributed by atoms with van der Waals surface area (Å²) in [7, 11) is -3.51. The average Bonchev–Trinajstić information content (AvgIpc) is 3.25. The summed E-state index contributed by atoms with van der Waals surface area (Å²) < 4.78 is 32.4. The molecule has 114 valence electrons. The molecule has 0 amide bonds. The van der Waals surface area contributed by atoms with Crippen LogP contribution in [0.15, 0.2) is 38.8 Å². The van der Waals surface area contributed by atoms with Gasteiger partial charge in [-0.1, -0.05) is 5.16 Å². The normalized spacial score (nSPS) is 15.8. The van der Waals surface area contributed by atoms with Crippen molar-refractivity contribution in [3.05, 3.63) is 41.4 Å². The molecule has 3 aromatic heterocycles. The zero-order valence-electron chi connectivity index (χ0n) is 11.4. The van der Waals surface area contributed by atoms with Gasteiger partial charge in [0.2, 0.25) is 0 Å². The quantitative estimate of drug-likeness (QED) is 0.788. The van der Waals surface area contributed by atoms with Crippen LogP contribution in [0.3, 0.4) is 0 Å². The third-order valence-electron chi connectivity index (χ3n) is 3.63. The van der Waals surface area contributed by atoms with E-state index in [4.69, 9.17) is 4.52 Å². The minimum Gasteiger partial charge on any atom is -0.356 e. The lowest BCUT2D eigenvalue weighted by molar-refractivity contribution is 0.386. The van der Waals surface area contributed by atoms with E-state index in [0.717, 1.165) is 17.0 Å². The minimum atomic E-state index is -3.51. The smallest absolute Gasteiger partial charge is 0.252 e. The predicted molar refractivity (Wildman–Crippen MR) is 79.7 cm³/mol. The number of thiophene rings is 1. The van der Waals surface area contributed by atoms with E-state index < -0.39 is 10.0 Å².